The van der Waals surface area contributed by atoms with Gasteiger partial charge in [0.1, 0.15) is 5.69 Å². The fourth-order valence-electron chi connectivity index (χ4n) is 2.58. The van der Waals surface area contributed by atoms with Crippen molar-refractivity contribution in [2.24, 2.45) is 0 Å². The first-order chi connectivity index (χ1) is 11.2. The normalized spacial score (nSPS) is 11.0. The van der Waals surface area contributed by atoms with Crippen LogP contribution in [0.2, 0.25) is 5.02 Å². The third kappa shape index (κ3) is 3.56. The number of carbonyl (C=O) groups excluding carboxylic acids is 1. The highest BCUT2D eigenvalue weighted by atomic mass is 35.5. The smallest absolute Gasteiger partial charge is 0.220 e. The number of hydrogen-bond donors (Lipinski definition) is 2. The molecule has 2 aromatic heterocycles. The zero-order chi connectivity index (χ0) is 16.2. The Kier molecular flexibility index (Phi) is 4.67. The lowest BCUT2D eigenvalue weighted by atomic mass is 10.1. The van der Waals surface area contributed by atoms with Crippen LogP contribution in [0.5, 0.6) is 0 Å². The molecule has 0 unspecified atom stereocenters. The number of halogens is 1. The summed E-state index contributed by atoms with van der Waals surface area (Å²) in [5, 5.41) is 8.95. The van der Waals surface area contributed by atoms with Crippen LogP contribution in [0.3, 0.4) is 0 Å². The van der Waals surface area contributed by atoms with E-state index in [1.165, 1.54) is 5.39 Å². The van der Waals surface area contributed by atoms with Crippen molar-refractivity contribution < 1.29 is 4.79 Å². The number of nitrogens with one attached hydrogen (secondary N) is 2. The van der Waals surface area contributed by atoms with Gasteiger partial charge in [0.2, 0.25) is 5.91 Å². The predicted molar refractivity (Wildman–Crippen MR) is 91.4 cm³/mol. The van der Waals surface area contributed by atoms with Gasteiger partial charge in [0.25, 0.3) is 0 Å². The van der Waals surface area contributed by atoms with E-state index in [0.717, 1.165) is 17.6 Å². The van der Waals surface area contributed by atoms with Crippen LogP contribution in [0.25, 0.3) is 10.9 Å². The van der Waals surface area contributed by atoms with Crippen molar-refractivity contribution in [3.63, 3.8) is 0 Å². The number of amides is 1. The Balaban J connectivity index is 1.54. The summed E-state index contributed by atoms with van der Waals surface area (Å²) < 4.78 is 1.76. The second-order valence-corrected chi connectivity index (χ2v) is 5.82. The second-order valence-electron chi connectivity index (χ2n) is 5.42. The number of aryl methyl sites for hydroxylation is 2. The largest absolute Gasteiger partial charge is 0.361 e. The predicted octanol–water partition coefficient (Wildman–Crippen LogP) is 3.29. The topological polar surface area (TPSA) is 62.7 Å². The van der Waals surface area contributed by atoms with E-state index in [0.29, 0.717) is 30.1 Å². The van der Waals surface area contributed by atoms with Crippen LogP contribution in [-0.4, -0.2) is 20.7 Å². The first kappa shape index (κ1) is 15.6. The fraction of sp³-hybridized carbons (Fsp3) is 0.294. The molecule has 6 heteroatoms. The summed E-state index contributed by atoms with van der Waals surface area (Å²) in [6.07, 6.45) is 4.88. The van der Waals surface area contributed by atoms with E-state index in [9.17, 15) is 4.79 Å². The molecule has 3 rings (SSSR count). The van der Waals surface area contributed by atoms with Gasteiger partial charge in [0.15, 0.2) is 0 Å². The maximum Gasteiger partial charge on any atom is 0.220 e. The Morgan fingerprint density at radius 1 is 1.39 bits per heavy atom. The minimum Gasteiger partial charge on any atom is -0.361 e. The summed E-state index contributed by atoms with van der Waals surface area (Å²) in [6, 6.07) is 8.10. The molecule has 0 fully saturated rings. The third-order valence-corrected chi connectivity index (χ3v) is 4.18. The highest BCUT2D eigenvalue weighted by Gasteiger charge is 2.10. The highest BCUT2D eigenvalue weighted by molar-refractivity contribution is 6.31. The number of rotatable bonds is 6. The first-order valence-corrected chi connectivity index (χ1v) is 8.08. The van der Waals surface area contributed by atoms with E-state index in [4.69, 9.17) is 11.6 Å². The maximum absolute atomic E-state index is 12.0. The molecule has 1 amide bonds. The Hall–Kier alpha value is -2.27. The van der Waals surface area contributed by atoms with Gasteiger partial charge in [-0.1, -0.05) is 29.8 Å². The van der Waals surface area contributed by atoms with E-state index >= 15 is 0 Å². The van der Waals surface area contributed by atoms with Crippen LogP contribution in [0.15, 0.2) is 36.7 Å². The molecule has 0 aliphatic rings. The number of fused-ring (bicyclic) bond motifs is 1. The van der Waals surface area contributed by atoms with Crippen LogP contribution in [0.4, 0.5) is 0 Å². The van der Waals surface area contributed by atoms with Crippen molar-refractivity contribution in [2.45, 2.75) is 32.9 Å². The Bertz CT molecular complexity index is 821. The average Bonchev–Trinajstić information content (AvgIpc) is 3.14. The van der Waals surface area contributed by atoms with Gasteiger partial charge in [0.05, 0.1) is 11.6 Å². The van der Waals surface area contributed by atoms with Crippen LogP contribution < -0.4 is 5.32 Å². The average molecular weight is 331 g/mol. The summed E-state index contributed by atoms with van der Waals surface area (Å²) in [5.41, 5.74) is 2.96. The molecule has 0 atom stereocenters. The molecular weight excluding hydrogens is 312 g/mol. The number of nitrogens with zero attached hydrogens (tertiary/aromatic N) is 2. The van der Waals surface area contributed by atoms with Gasteiger partial charge in [-0.25, -0.2) is 0 Å². The van der Waals surface area contributed by atoms with Crippen molar-refractivity contribution in [1.29, 1.82) is 0 Å². The standard InChI is InChI=1S/C17H19ClN4O/c1-2-22-11-14(18)16(21-22)10-20-17(23)8-7-12-9-19-15-6-4-3-5-13(12)15/h3-6,9,11,19H,2,7-8,10H2,1H3,(H,20,23). The maximum atomic E-state index is 12.0. The van der Waals surface area contributed by atoms with Crippen molar-refractivity contribution in [3.8, 4) is 0 Å². The Morgan fingerprint density at radius 2 is 2.22 bits per heavy atom. The molecule has 0 aliphatic heterocycles. The molecule has 0 saturated heterocycles. The van der Waals surface area contributed by atoms with E-state index in [2.05, 4.69) is 21.5 Å². The monoisotopic (exact) mass is 330 g/mol. The molecule has 120 valence electrons. The molecule has 5 nitrogen and oxygen atoms in total. The molecule has 3 aromatic rings. The van der Waals surface area contributed by atoms with Crippen LogP contribution in [-0.2, 0) is 24.3 Å². The lowest BCUT2D eigenvalue weighted by Gasteiger charge is -2.03. The number of aromatic nitrogens is 3. The van der Waals surface area contributed by atoms with Gasteiger partial charge in [-0.3, -0.25) is 9.48 Å². The number of hydrogen-bond acceptors (Lipinski definition) is 2. The zero-order valence-electron chi connectivity index (χ0n) is 13.0. The van der Waals surface area contributed by atoms with E-state index < -0.39 is 0 Å². The SMILES string of the molecule is CCn1cc(Cl)c(CNC(=O)CCc2c[nH]c3ccccc23)n1. The van der Waals surface area contributed by atoms with Gasteiger partial charge >= 0.3 is 0 Å². The Labute approximate surface area is 139 Å². The van der Waals surface area contributed by atoms with Crippen LogP contribution in [0.1, 0.15) is 24.6 Å². The van der Waals surface area contributed by atoms with Crippen molar-refractivity contribution >= 4 is 28.4 Å². The van der Waals surface area contributed by atoms with Gasteiger partial charge in [0, 0.05) is 36.3 Å². The van der Waals surface area contributed by atoms with Gasteiger partial charge in [-0.15, -0.1) is 0 Å². The first-order valence-electron chi connectivity index (χ1n) is 7.71. The lowest BCUT2D eigenvalue weighted by molar-refractivity contribution is -0.121. The summed E-state index contributed by atoms with van der Waals surface area (Å²) in [5.74, 6) is -0.00241. The van der Waals surface area contributed by atoms with E-state index in [-0.39, 0.29) is 5.91 Å². The third-order valence-electron chi connectivity index (χ3n) is 3.86. The van der Waals surface area contributed by atoms with Crippen LogP contribution >= 0.6 is 11.6 Å². The number of benzene rings is 1. The van der Waals surface area contributed by atoms with Crippen molar-refractivity contribution in [1.82, 2.24) is 20.1 Å². The second kappa shape index (κ2) is 6.87. The van der Waals surface area contributed by atoms with Crippen molar-refractivity contribution in [3.05, 3.63) is 52.9 Å². The van der Waals surface area contributed by atoms with Gasteiger partial charge < -0.3 is 10.3 Å². The molecule has 0 spiro atoms. The van der Waals surface area contributed by atoms with Crippen LogP contribution in [0, 0.1) is 0 Å². The minimum absolute atomic E-state index is 0.00241. The van der Waals surface area contributed by atoms with Gasteiger partial charge in [-0.2, -0.15) is 5.10 Å². The molecule has 0 bridgehead atoms. The molecule has 1 aromatic carbocycles. The van der Waals surface area contributed by atoms with E-state index in [1.807, 2.05) is 31.3 Å². The van der Waals surface area contributed by atoms with Gasteiger partial charge in [-0.05, 0) is 25.0 Å². The summed E-state index contributed by atoms with van der Waals surface area (Å²) >= 11 is 6.09. The van der Waals surface area contributed by atoms with E-state index in [1.54, 1.807) is 10.9 Å². The molecule has 2 heterocycles. The fourth-order valence-corrected chi connectivity index (χ4v) is 2.79. The lowest BCUT2D eigenvalue weighted by Crippen LogP contribution is -2.23. The number of para-hydroxylation sites is 1. The summed E-state index contributed by atoms with van der Waals surface area (Å²) in [6.45, 7) is 3.11. The highest BCUT2D eigenvalue weighted by Crippen LogP contribution is 2.19. The molecular formula is C17H19ClN4O. The quantitative estimate of drug-likeness (QED) is 0.728. The van der Waals surface area contributed by atoms with Crippen molar-refractivity contribution in [2.75, 3.05) is 0 Å². The minimum atomic E-state index is -0.00241. The number of aromatic amines is 1. The summed E-state index contributed by atoms with van der Waals surface area (Å²) in [4.78, 5) is 15.3. The molecule has 23 heavy (non-hydrogen) atoms. The number of carbonyl (C=O) groups is 1. The molecule has 0 radical (unpaired) electrons. The molecule has 2 N–H and O–H groups in total. The summed E-state index contributed by atoms with van der Waals surface area (Å²) in [7, 11) is 0. The molecule has 0 saturated carbocycles. The number of H-pyrrole nitrogens is 1. The zero-order valence-corrected chi connectivity index (χ0v) is 13.7. The molecule has 0 aliphatic carbocycles. The Morgan fingerprint density at radius 3 is 3.00 bits per heavy atom.